The van der Waals surface area contributed by atoms with Crippen LogP contribution in [-0.2, 0) is 20.9 Å². The van der Waals surface area contributed by atoms with Gasteiger partial charge in [-0.3, -0.25) is 14.6 Å². The second-order valence-electron chi connectivity index (χ2n) is 10.7. The standard InChI is InChI=1S/C35H37NO6/c1-5-17-41-35(38)32-22(2)36-27-18-25(24-15-16-30(39-3)31(20-24)40-4)19-28(37)34(27)33(32)26-13-9-10-14-29(26)42-21-23-11-7-6-8-12-23/h6-16,20,25,32-33H,5,17-19,21H2,1-4H3/t25-,32?,33-/m0/s1. The van der Waals surface area contributed by atoms with E-state index in [9.17, 15) is 9.59 Å². The Hall–Kier alpha value is -4.39. The lowest BCUT2D eigenvalue weighted by atomic mass is 9.69. The van der Waals surface area contributed by atoms with Crippen LogP contribution in [0.5, 0.6) is 17.2 Å². The number of para-hydroxylation sites is 1. The van der Waals surface area contributed by atoms with Crippen LogP contribution in [0, 0.1) is 5.92 Å². The van der Waals surface area contributed by atoms with Gasteiger partial charge in [0.2, 0.25) is 0 Å². The average molecular weight is 568 g/mol. The Balaban J connectivity index is 1.55. The van der Waals surface area contributed by atoms with Gasteiger partial charge in [-0.05, 0) is 55.0 Å². The van der Waals surface area contributed by atoms with Crippen molar-refractivity contribution in [3.8, 4) is 17.2 Å². The van der Waals surface area contributed by atoms with Crippen LogP contribution in [0.1, 0.15) is 61.6 Å². The molecule has 42 heavy (non-hydrogen) atoms. The summed E-state index contributed by atoms with van der Waals surface area (Å²) in [4.78, 5) is 32.5. The number of nitrogens with zero attached hydrogens (tertiary/aromatic N) is 1. The maximum atomic E-state index is 14.1. The number of allylic oxidation sites excluding steroid dienone is 2. The average Bonchev–Trinajstić information content (AvgIpc) is 3.02. The summed E-state index contributed by atoms with van der Waals surface area (Å²) < 4.78 is 22.9. The lowest BCUT2D eigenvalue weighted by Crippen LogP contribution is -2.38. The Morgan fingerprint density at radius 2 is 1.64 bits per heavy atom. The van der Waals surface area contributed by atoms with Crippen molar-refractivity contribution in [3.05, 3.63) is 101 Å². The quantitative estimate of drug-likeness (QED) is 0.250. The van der Waals surface area contributed by atoms with Crippen molar-refractivity contribution in [1.29, 1.82) is 0 Å². The zero-order chi connectivity index (χ0) is 29.6. The summed E-state index contributed by atoms with van der Waals surface area (Å²) in [6.45, 7) is 4.48. The van der Waals surface area contributed by atoms with Gasteiger partial charge in [-0.1, -0.05) is 61.5 Å². The van der Waals surface area contributed by atoms with Crippen molar-refractivity contribution < 1.29 is 28.5 Å². The number of carbonyl (C=O) groups is 2. The number of Topliss-reactive ketones (excluding diaryl/α,β-unsaturated/α-hetero) is 1. The smallest absolute Gasteiger partial charge is 0.315 e. The molecule has 1 aliphatic carbocycles. The molecule has 0 fully saturated rings. The summed E-state index contributed by atoms with van der Waals surface area (Å²) in [5, 5.41) is 0. The van der Waals surface area contributed by atoms with Crippen LogP contribution in [0.2, 0.25) is 0 Å². The van der Waals surface area contributed by atoms with Crippen LogP contribution in [0.25, 0.3) is 0 Å². The maximum Gasteiger partial charge on any atom is 0.315 e. The Bertz CT molecular complexity index is 1510. The fraction of sp³-hybridized carbons (Fsp3) is 0.343. The molecule has 1 unspecified atom stereocenters. The number of hydrogen-bond acceptors (Lipinski definition) is 7. The van der Waals surface area contributed by atoms with E-state index < -0.39 is 11.8 Å². The minimum Gasteiger partial charge on any atom is -0.493 e. The predicted molar refractivity (Wildman–Crippen MR) is 161 cm³/mol. The lowest BCUT2D eigenvalue weighted by Gasteiger charge is -2.37. The van der Waals surface area contributed by atoms with Crippen LogP contribution in [-0.4, -0.2) is 38.3 Å². The first-order valence-electron chi connectivity index (χ1n) is 14.4. The summed E-state index contributed by atoms with van der Waals surface area (Å²) in [7, 11) is 3.20. The fourth-order valence-electron chi connectivity index (χ4n) is 5.94. The van der Waals surface area contributed by atoms with E-state index in [0.29, 0.717) is 66.7 Å². The van der Waals surface area contributed by atoms with Crippen molar-refractivity contribution in [1.82, 2.24) is 0 Å². The van der Waals surface area contributed by atoms with Gasteiger partial charge >= 0.3 is 5.97 Å². The first kappa shape index (κ1) is 29.1. The minimum absolute atomic E-state index is 0.0246. The van der Waals surface area contributed by atoms with Gasteiger partial charge in [0.25, 0.3) is 0 Å². The van der Waals surface area contributed by atoms with Gasteiger partial charge in [-0.25, -0.2) is 0 Å². The van der Waals surface area contributed by atoms with Gasteiger partial charge in [0.05, 0.1) is 20.8 Å². The number of benzene rings is 3. The number of ether oxygens (including phenoxy) is 4. The van der Waals surface area contributed by atoms with Crippen molar-refractivity contribution in [2.45, 2.75) is 51.6 Å². The molecule has 0 amide bonds. The van der Waals surface area contributed by atoms with E-state index in [2.05, 4.69) is 0 Å². The molecule has 0 aromatic heterocycles. The topological polar surface area (TPSA) is 83.4 Å². The normalized spacial score (nSPS) is 20.0. The van der Waals surface area contributed by atoms with Crippen LogP contribution in [0.15, 0.2) is 89.1 Å². The maximum absolute atomic E-state index is 14.1. The van der Waals surface area contributed by atoms with E-state index in [-0.39, 0.29) is 17.7 Å². The lowest BCUT2D eigenvalue weighted by molar-refractivity contribution is -0.146. The van der Waals surface area contributed by atoms with E-state index in [4.69, 9.17) is 23.9 Å². The number of hydrogen-bond donors (Lipinski definition) is 0. The highest BCUT2D eigenvalue weighted by Gasteiger charge is 2.45. The SMILES string of the molecule is CCCOC(=O)C1C(C)=NC2=C(C(=O)C[C@@H](c3ccc(OC)c(OC)c3)C2)[C@H]1c1ccccc1OCc1ccccc1. The Labute approximate surface area is 247 Å². The second kappa shape index (κ2) is 13.1. The molecule has 0 bridgehead atoms. The molecule has 0 radical (unpaired) electrons. The molecule has 0 saturated heterocycles. The third-order valence-corrected chi connectivity index (χ3v) is 7.96. The Morgan fingerprint density at radius 3 is 2.38 bits per heavy atom. The van der Waals surface area contributed by atoms with Crippen molar-refractivity contribution in [3.63, 3.8) is 0 Å². The van der Waals surface area contributed by atoms with Crippen molar-refractivity contribution in [2.75, 3.05) is 20.8 Å². The number of rotatable bonds is 10. The highest BCUT2D eigenvalue weighted by molar-refractivity contribution is 6.09. The molecule has 1 aliphatic heterocycles. The Kier molecular flexibility index (Phi) is 9.06. The summed E-state index contributed by atoms with van der Waals surface area (Å²) in [5.41, 5.74) is 4.72. The monoisotopic (exact) mass is 567 g/mol. The molecule has 0 spiro atoms. The Morgan fingerprint density at radius 1 is 0.905 bits per heavy atom. The molecule has 5 rings (SSSR count). The largest absolute Gasteiger partial charge is 0.493 e. The molecule has 0 saturated carbocycles. The predicted octanol–water partition coefficient (Wildman–Crippen LogP) is 6.81. The van der Waals surface area contributed by atoms with Gasteiger partial charge in [-0.2, -0.15) is 0 Å². The van der Waals surface area contributed by atoms with E-state index >= 15 is 0 Å². The zero-order valence-electron chi connectivity index (χ0n) is 24.6. The van der Waals surface area contributed by atoms with Crippen LogP contribution in [0.4, 0.5) is 0 Å². The molecular formula is C35H37NO6. The van der Waals surface area contributed by atoms with E-state index in [1.54, 1.807) is 14.2 Å². The zero-order valence-corrected chi connectivity index (χ0v) is 24.6. The number of methoxy groups -OCH3 is 2. The molecule has 1 heterocycles. The van der Waals surface area contributed by atoms with Gasteiger partial charge in [0, 0.05) is 34.9 Å². The minimum atomic E-state index is -0.724. The summed E-state index contributed by atoms with van der Waals surface area (Å²) >= 11 is 0. The molecule has 7 nitrogen and oxygen atoms in total. The molecular weight excluding hydrogens is 530 g/mol. The van der Waals surface area contributed by atoms with Crippen LogP contribution in [0.3, 0.4) is 0 Å². The van der Waals surface area contributed by atoms with Crippen molar-refractivity contribution in [2.24, 2.45) is 10.9 Å². The highest BCUT2D eigenvalue weighted by Crippen LogP contribution is 2.49. The molecule has 3 aromatic carbocycles. The van der Waals surface area contributed by atoms with Crippen molar-refractivity contribution >= 4 is 17.5 Å². The number of esters is 1. The molecule has 7 heteroatoms. The first-order chi connectivity index (χ1) is 20.4. The summed E-state index contributed by atoms with van der Waals surface area (Å²) in [6, 6.07) is 23.3. The van der Waals surface area contributed by atoms with Gasteiger partial charge in [-0.15, -0.1) is 0 Å². The van der Waals surface area contributed by atoms with E-state index in [1.165, 1.54) is 0 Å². The fourth-order valence-corrected chi connectivity index (χ4v) is 5.94. The van der Waals surface area contributed by atoms with Crippen LogP contribution < -0.4 is 14.2 Å². The first-order valence-corrected chi connectivity index (χ1v) is 14.4. The van der Waals surface area contributed by atoms with Gasteiger partial charge in [0.15, 0.2) is 17.3 Å². The molecule has 2 aliphatic rings. The second-order valence-corrected chi connectivity index (χ2v) is 10.7. The summed E-state index contributed by atoms with van der Waals surface area (Å²) in [5.74, 6) is 0.122. The third kappa shape index (κ3) is 5.96. The molecule has 0 N–H and O–H groups in total. The van der Waals surface area contributed by atoms with E-state index in [0.717, 1.165) is 16.7 Å². The third-order valence-electron chi connectivity index (χ3n) is 7.96. The molecule has 3 aromatic rings. The van der Waals surface area contributed by atoms with Gasteiger partial charge in [0.1, 0.15) is 18.3 Å². The molecule has 218 valence electrons. The molecule has 3 atom stereocenters. The summed E-state index contributed by atoms with van der Waals surface area (Å²) in [6.07, 6.45) is 1.56. The highest BCUT2D eigenvalue weighted by atomic mass is 16.5. The number of aliphatic imine (C=N–C) groups is 1. The van der Waals surface area contributed by atoms with Gasteiger partial charge < -0.3 is 18.9 Å². The number of ketones is 1. The number of carbonyl (C=O) groups excluding carboxylic acids is 2. The van der Waals surface area contributed by atoms with Crippen LogP contribution >= 0.6 is 0 Å². The van der Waals surface area contributed by atoms with E-state index in [1.807, 2.05) is 86.6 Å².